The molecule has 0 heterocycles. The number of carbonyl (C=O) groups excluding carboxylic acids is 2. The summed E-state index contributed by atoms with van der Waals surface area (Å²) in [5.41, 5.74) is 0.815. The molecule has 140 valence electrons. The Hall–Kier alpha value is -1.36. The molecule has 4 saturated carbocycles. The summed E-state index contributed by atoms with van der Waals surface area (Å²) in [6, 6.07) is 7.70. The molecule has 1 amide bonds. The number of hydrogen-bond donors (Lipinski definition) is 1. The number of rotatable bonds is 6. The topological polar surface area (TPSA) is 55.4 Å². The van der Waals surface area contributed by atoms with E-state index in [9.17, 15) is 9.59 Å². The fourth-order valence-corrected chi connectivity index (χ4v) is 5.94. The second-order valence-electron chi connectivity index (χ2n) is 8.49. The van der Waals surface area contributed by atoms with Gasteiger partial charge in [0.2, 0.25) is 5.91 Å². The van der Waals surface area contributed by atoms with E-state index in [1.165, 1.54) is 19.3 Å². The lowest BCUT2D eigenvalue weighted by Crippen LogP contribution is -2.53. The van der Waals surface area contributed by atoms with Crippen molar-refractivity contribution in [2.24, 2.45) is 23.2 Å². The van der Waals surface area contributed by atoms with E-state index < -0.39 is 0 Å². The molecule has 4 fully saturated rings. The van der Waals surface area contributed by atoms with Crippen molar-refractivity contribution in [3.63, 3.8) is 0 Å². The zero-order valence-corrected chi connectivity index (χ0v) is 16.6. The molecule has 0 unspecified atom stereocenters. The minimum atomic E-state index is -0.265. The number of carbonyl (C=O) groups is 2. The Morgan fingerprint density at radius 3 is 2.19 bits per heavy atom. The van der Waals surface area contributed by atoms with Crippen LogP contribution in [0.25, 0.3) is 0 Å². The van der Waals surface area contributed by atoms with Gasteiger partial charge in [0.15, 0.2) is 0 Å². The fraction of sp³-hybridized carbons (Fsp3) is 0.619. The Morgan fingerprint density at radius 2 is 1.62 bits per heavy atom. The second kappa shape index (κ2) is 7.34. The van der Waals surface area contributed by atoms with Crippen molar-refractivity contribution in [3.05, 3.63) is 34.3 Å². The van der Waals surface area contributed by atoms with Gasteiger partial charge in [0.1, 0.15) is 6.61 Å². The Morgan fingerprint density at radius 1 is 1.04 bits per heavy atom. The molecule has 0 aromatic heterocycles. The van der Waals surface area contributed by atoms with E-state index in [2.05, 4.69) is 21.2 Å². The van der Waals surface area contributed by atoms with Gasteiger partial charge in [-0.1, -0.05) is 28.1 Å². The highest BCUT2D eigenvalue weighted by Crippen LogP contribution is 2.60. The number of benzene rings is 1. The predicted octanol–water partition coefficient (Wildman–Crippen LogP) is 4.22. The van der Waals surface area contributed by atoms with Crippen molar-refractivity contribution < 1.29 is 14.3 Å². The molecule has 0 radical (unpaired) electrons. The highest BCUT2D eigenvalue weighted by Gasteiger charge is 2.54. The third kappa shape index (κ3) is 3.83. The molecule has 0 saturated heterocycles. The van der Waals surface area contributed by atoms with Crippen LogP contribution in [0.4, 0.5) is 0 Å². The average Bonchev–Trinajstić information content (AvgIpc) is 2.60. The summed E-state index contributed by atoms with van der Waals surface area (Å²) in [5.74, 6) is 2.17. The molecular weight excluding hydrogens is 394 g/mol. The lowest BCUT2D eigenvalue weighted by molar-refractivity contribution is -0.147. The Balaban J connectivity index is 1.21. The van der Waals surface area contributed by atoms with Gasteiger partial charge in [-0.2, -0.15) is 0 Å². The molecule has 1 N–H and O–H groups in total. The zero-order valence-electron chi connectivity index (χ0n) is 15.0. The van der Waals surface area contributed by atoms with Gasteiger partial charge in [-0.05, 0) is 74.0 Å². The summed E-state index contributed by atoms with van der Waals surface area (Å²) in [7, 11) is 0. The third-order valence-corrected chi connectivity index (χ3v) is 6.98. The van der Waals surface area contributed by atoms with Gasteiger partial charge in [0, 0.05) is 16.4 Å². The van der Waals surface area contributed by atoms with Crippen LogP contribution in [0.3, 0.4) is 0 Å². The van der Waals surface area contributed by atoms with Gasteiger partial charge >= 0.3 is 5.97 Å². The van der Waals surface area contributed by atoms with Crippen LogP contribution in [-0.2, 0) is 20.9 Å². The molecule has 5 rings (SSSR count). The van der Waals surface area contributed by atoms with Gasteiger partial charge in [-0.15, -0.1) is 0 Å². The maximum atomic E-state index is 12.8. The molecule has 1 aromatic carbocycles. The van der Waals surface area contributed by atoms with E-state index in [1.807, 2.05) is 24.3 Å². The second-order valence-corrected chi connectivity index (χ2v) is 9.41. The van der Waals surface area contributed by atoms with Crippen LogP contribution in [0, 0.1) is 23.2 Å². The lowest BCUT2D eigenvalue weighted by Gasteiger charge is -2.55. The first kappa shape index (κ1) is 18.0. The van der Waals surface area contributed by atoms with Crippen LogP contribution in [0.1, 0.15) is 50.5 Å². The number of esters is 1. The smallest absolute Gasteiger partial charge is 0.307 e. The predicted molar refractivity (Wildman–Crippen MR) is 102 cm³/mol. The van der Waals surface area contributed by atoms with Gasteiger partial charge in [0.05, 0.1) is 6.42 Å². The number of nitrogens with one attached hydrogen (secondary N) is 1. The molecule has 1 aromatic rings. The molecule has 4 bridgehead atoms. The molecule has 0 spiro atoms. The van der Waals surface area contributed by atoms with E-state index in [0.29, 0.717) is 6.54 Å². The fourth-order valence-electron chi connectivity index (χ4n) is 5.67. The summed E-state index contributed by atoms with van der Waals surface area (Å²) >= 11 is 3.38. The summed E-state index contributed by atoms with van der Waals surface area (Å²) in [5, 5.41) is 3.03. The first-order valence-electron chi connectivity index (χ1n) is 9.71. The summed E-state index contributed by atoms with van der Waals surface area (Å²) in [4.78, 5) is 24.8. The first-order valence-corrected chi connectivity index (χ1v) is 10.5. The summed E-state index contributed by atoms with van der Waals surface area (Å²) in [6.07, 6.45) is 7.38. The molecule has 5 heteroatoms. The van der Waals surface area contributed by atoms with Gasteiger partial charge in [0.25, 0.3) is 0 Å². The minimum absolute atomic E-state index is 0.143. The first-order chi connectivity index (χ1) is 12.5. The monoisotopic (exact) mass is 419 g/mol. The van der Waals surface area contributed by atoms with E-state index >= 15 is 0 Å². The molecule has 4 nitrogen and oxygen atoms in total. The Kier molecular flexibility index (Phi) is 5.09. The van der Waals surface area contributed by atoms with Crippen LogP contribution in [0.15, 0.2) is 28.7 Å². The maximum absolute atomic E-state index is 12.8. The van der Waals surface area contributed by atoms with Crippen LogP contribution in [0.5, 0.6) is 0 Å². The molecule has 0 aliphatic heterocycles. The normalized spacial score (nSPS) is 31.7. The molecule has 26 heavy (non-hydrogen) atoms. The van der Waals surface area contributed by atoms with Crippen molar-refractivity contribution in [2.75, 3.05) is 6.54 Å². The Labute approximate surface area is 163 Å². The number of amides is 1. The third-order valence-electron chi connectivity index (χ3n) is 6.45. The van der Waals surface area contributed by atoms with Crippen molar-refractivity contribution in [3.8, 4) is 0 Å². The average molecular weight is 420 g/mol. The van der Waals surface area contributed by atoms with Crippen LogP contribution in [-0.4, -0.2) is 18.4 Å². The Bertz CT molecular complexity index is 650. The number of hydrogen-bond acceptors (Lipinski definition) is 3. The lowest BCUT2D eigenvalue weighted by atomic mass is 9.49. The zero-order chi connectivity index (χ0) is 18.1. The SMILES string of the molecule is O=C(CCNC(=O)C12CC3CC(CC(C3)C1)C2)OCc1ccc(Br)cc1. The van der Waals surface area contributed by atoms with E-state index in [1.54, 1.807) is 0 Å². The van der Waals surface area contributed by atoms with Gasteiger partial charge < -0.3 is 10.1 Å². The van der Waals surface area contributed by atoms with Crippen molar-refractivity contribution >= 4 is 27.8 Å². The molecular formula is C21H26BrNO3. The van der Waals surface area contributed by atoms with Crippen molar-refractivity contribution in [1.29, 1.82) is 0 Å². The van der Waals surface area contributed by atoms with E-state index in [-0.39, 0.29) is 30.3 Å². The maximum Gasteiger partial charge on any atom is 0.307 e. The van der Waals surface area contributed by atoms with E-state index in [4.69, 9.17) is 4.74 Å². The van der Waals surface area contributed by atoms with E-state index in [0.717, 1.165) is 47.1 Å². The van der Waals surface area contributed by atoms with Crippen LogP contribution >= 0.6 is 15.9 Å². The van der Waals surface area contributed by atoms with Crippen molar-refractivity contribution in [2.45, 2.75) is 51.6 Å². The number of halogens is 1. The van der Waals surface area contributed by atoms with Crippen molar-refractivity contribution in [1.82, 2.24) is 5.32 Å². The standard InChI is InChI=1S/C21H26BrNO3/c22-18-3-1-14(2-4-18)13-26-19(24)5-6-23-20(25)21-10-15-7-16(11-21)9-17(8-15)12-21/h1-4,15-17H,5-13H2,(H,23,25). The molecule has 0 atom stereocenters. The van der Waals surface area contributed by atoms with Crippen LogP contribution in [0.2, 0.25) is 0 Å². The van der Waals surface area contributed by atoms with Crippen LogP contribution < -0.4 is 5.32 Å². The quantitative estimate of drug-likeness (QED) is 0.702. The largest absolute Gasteiger partial charge is 0.461 e. The number of ether oxygens (including phenoxy) is 1. The highest BCUT2D eigenvalue weighted by molar-refractivity contribution is 9.10. The minimum Gasteiger partial charge on any atom is -0.461 e. The molecule has 4 aliphatic rings. The molecule has 4 aliphatic carbocycles. The summed E-state index contributed by atoms with van der Waals surface area (Å²) in [6.45, 7) is 0.648. The van der Waals surface area contributed by atoms with Gasteiger partial charge in [-0.25, -0.2) is 0 Å². The van der Waals surface area contributed by atoms with Gasteiger partial charge in [-0.3, -0.25) is 9.59 Å². The highest BCUT2D eigenvalue weighted by atomic mass is 79.9. The summed E-state index contributed by atoms with van der Waals surface area (Å²) < 4.78 is 6.29.